The zero-order chi connectivity index (χ0) is 59.2. The number of Topliss-reactive ketones (excluding diaryl/α,β-unsaturated/α-hetero) is 1. The number of hydrazone groups is 1. The fourth-order valence-corrected chi connectivity index (χ4v) is 8.13. The number of hydrogen-bond donors (Lipinski definition) is 5. The molecule has 3 amide bonds. The van der Waals surface area contributed by atoms with Crippen molar-refractivity contribution >= 4 is 29.2 Å². The maximum absolute atomic E-state index is 12.6. The Morgan fingerprint density at radius 3 is 1.40 bits per heavy atom. The van der Waals surface area contributed by atoms with Gasteiger partial charge in [-0.05, 0) is 101 Å². The number of hydrazine groups is 1. The van der Waals surface area contributed by atoms with Crippen molar-refractivity contribution in [3.05, 3.63) is 88.0 Å². The van der Waals surface area contributed by atoms with Crippen LogP contribution < -0.4 is 36.2 Å². The van der Waals surface area contributed by atoms with E-state index in [1.807, 2.05) is 77.9 Å². The monoisotopic (exact) mass is 1080 g/mol. The number of unbranched alkanes of at least 4 members (excludes halogenated alkanes) is 9. The highest BCUT2D eigenvalue weighted by molar-refractivity contribution is 5.98. The van der Waals surface area contributed by atoms with Crippen LogP contribution in [0.2, 0.25) is 0 Å². The maximum atomic E-state index is 12.6. The van der Waals surface area contributed by atoms with Crippen molar-refractivity contribution < 1.29 is 38.5 Å². The zero-order valence-electron chi connectivity index (χ0n) is 51.8. The Labute approximate surface area is 468 Å². The first-order valence-electron chi connectivity index (χ1n) is 28.5. The minimum Gasteiger partial charge on any atom is -0.496 e. The van der Waals surface area contributed by atoms with Gasteiger partial charge in [-0.15, -0.1) is 0 Å². The van der Waals surface area contributed by atoms with Crippen molar-refractivity contribution in [1.29, 1.82) is 0 Å². The zero-order valence-corrected chi connectivity index (χ0v) is 51.8. The van der Waals surface area contributed by atoms with Gasteiger partial charge in [0.05, 0.1) is 21.3 Å². The molecule has 0 saturated heterocycles. The van der Waals surface area contributed by atoms with Gasteiger partial charge in [-0.1, -0.05) is 172 Å². The number of aliphatic hydroxyl groups is 1. The van der Waals surface area contributed by atoms with Crippen LogP contribution in [0.25, 0.3) is 0 Å². The van der Waals surface area contributed by atoms with Crippen LogP contribution in [0.5, 0.6) is 17.2 Å². The first-order chi connectivity index (χ1) is 36.2. The lowest BCUT2D eigenvalue weighted by Crippen LogP contribution is -2.35. The van der Waals surface area contributed by atoms with E-state index in [1.165, 1.54) is 70.6 Å². The summed E-state index contributed by atoms with van der Waals surface area (Å²) in [4.78, 5) is 47.8. The van der Waals surface area contributed by atoms with Gasteiger partial charge in [0.2, 0.25) is 0 Å². The van der Waals surface area contributed by atoms with Gasteiger partial charge in [-0.2, -0.15) is 5.10 Å². The summed E-state index contributed by atoms with van der Waals surface area (Å²) in [5.41, 5.74) is 10.4. The Balaban J connectivity index is 0. The van der Waals surface area contributed by atoms with E-state index in [9.17, 15) is 19.2 Å². The predicted octanol–water partition coefficient (Wildman–Crippen LogP) is 14.9. The van der Waals surface area contributed by atoms with E-state index in [0.29, 0.717) is 34.1 Å². The Morgan fingerprint density at radius 2 is 1.00 bits per heavy atom. The molecule has 3 aromatic rings. The fraction of sp³-hybridized carbons (Fsp3) is 0.641. The molecule has 0 heterocycles. The molecule has 0 aromatic heterocycles. The topological polar surface area (TPSA) is 191 Å². The van der Waals surface area contributed by atoms with Gasteiger partial charge in [0.1, 0.15) is 23.0 Å². The average Bonchev–Trinajstić information content (AvgIpc) is 3.38. The smallest absolute Gasteiger partial charge is 0.271 e. The van der Waals surface area contributed by atoms with E-state index in [0.717, 1.165) is 72.5 Å². The van der Waals surface area contributed by atoms with Crippen LogP contribution in [0.4, 0.5) is 0 Å². The number of nitrogens with two attached hydrogens (primary N) is 1. The number of nitrogen functional groups attached to an aromatic ring is 1. The predicted molar refractivity (Wildman–Crippen MR) is 323 cm³/mol. The molecule has 0 radical (unpaired) electrons. The molecule has 0 fully saturated rings. The van der Waals surface area contributed by atoms with E-state index in [2.05, 4.69) is 83.6 Å². The Bertz CT molecular complexity index is 2150. The second-order valence-corrected chi connectivity index (χ2v) is 22.6. The number of rotatable bonds is 25. The van der Waals surface area contributed by atoms with E-state index >= 15 is 0 Å². The summed E-state index contributed by atoms with van der Waals surface area (Å²) in [5, 5.41) is 15.2. The Hall–Kier alpha value is -5.27. The van der Waals surface area contributed by atoms with Gasteiger partial charge in [-0.3, -0.25) is 24.6 Å². The third-order valence-electron chi connectivity index (χ3n) is 13.2. The minimum absolute atomic E-state index is 0.00536. The summed E-state index contributed by atoms with van der Waals surface area (Å²) in [6.45, 7) is 34.2. The Kier molecular flexibility index (Phi) is 39.2. The number of carbonyl (C=O) groups excluding carboxylic acids is 4. The van der Waals surface area contributed by atoms with Crippen molar-refractivity contribution in [2.75, 3.05) is 34.5 Å². The van der Waals surface area contributed by atoms with Gasteiger partial charge in [0.25, 0.3) is 17.7 Å². The van der Waals surface area contributed by atoms with Crippen molar-refractivity contribution in [3.63, 3.8) is 0 Å². The largest absolute Gasteiger partial charge is 0.496 e. The van der Waals surface area contributed by atoms with E-state index in [-0.39, 0.29) is 40.6 Å². The van der Waals surface area contributed by atoms with Gasteiger partial charge >= 0.3 is 0 Å². The molecule has 6 N–H and O–H groups in total. The standard InChI is InChI=1S/C21H34N2O2.C21H35NO2.C11H22O.C9H12N2O2.C2H6O/c1-7-9-10-11-15-19(21(3,4)5)22-23-20(24)17-13-12-14-18(25-6)16(17)8-2;1-7-8-9-10-12-17(21(3,4)5)15-22-20(23)18-13-11-14-19(24-6)16(18)2;1-5-6-7-8-9-10(12)11(2,3)4;1-6-7(9(12)11-10)4-3-5-8(6)13-2;1-2-3/h12-14H,7-11,15H2,1-6H3,(H,23,24);11,13-14,17H,7-10,12,15H2,1-6H3,(H,22,23);5-9H2,1-4H3;3-5H,10H2,1-2H3,(H,11,12);3H,2H2,1H3/b22-19-;;;;. The van der Waals surface area contributed by atoms with Crippen LogP contribution in [0.3, 0.4) is 0 Å². The molecule has 3 aromatic carbocycles. The average molecular weight is 1080 g/mol. The molecule has 0 bridgehead atoms. The molecule has 13 heteroatoms. The summed E-state index contributed by atoms with van der Waals surface area (Å²) in [5.74, 6) is 7.61. The number of methoxy groups -OCH3 is 3. The molecule has 0 spiro atoms. The first kappa shape index (κ1) is 73.8. The number of nitrogens with one attached hydrogen (secondary N) is 3. The molecule has 13 nitrogen and oxygen atoms in total. The van der Waals surface area contributed by atoms with Crippen LogP contribution in [0.1, 0.15) is 241 Å². The lowest BCUT2D eigenvalue weighted by atomic mass is 9.77. The SMILES string of the molecule is CCCCCC/C(=N/NC(=O)c1cccc(OC)c1CC)C(C)(C)C.CCCCCCC(=O)C(C)(C)C.CCCCCCC(CNC(=O)c1cccc(OC)c1C)C(C)(C)C.CCO.COc1cccc(C(=O)NN)c1C. The first-order valence-corrected chi connectivity index (χ1v) is 28.5. The second kappa shape index (κ2) is 40.9. The normalized spacial score (nSPS) is 11.6. The van der Waals surface area contributed by atoms with Gasteiger partial charge in [-0.25, -0.2) is 11.3 Å². The molecule has 0 aliphatic rings. The molecule has 0 saturated carbocycles. The highest BCUT2D eigenvalue weighted by Crippen LogP contribution is 2.31. The summed E-state index contributed by atoms with van der Waals surface area (Å²) in [7, 11) is 4.82. The summed E-state index contributed by atoms with van der Waals surface area (Å²) in [6, 6.07) is 16.4. The quantitative estimate of drug-likeness (QED) is 0.0181. The number of aliphatic hydroxyl groups excluding tert-OH is 1. The van der Waals surface area contributed by atoms with Crippen LogP contribution in [-0.4, -0.2) is 68.8 Å². The van der Waals surface area contributed by atoms with Gasteiger partial charge < -0.3 is 24.6 Å². The van der Waals surface area contributed by atoms with Crippen LogP contribution in [0.15, 0.2) is 59.7 Å². The van der Waals surface area contributed by atoms with E-state index in [4.69, 9.17) is 25.2 Å². The molecule has 0 aliphatic carbocycles. The van der Waals surface area contributed by atoms with Gasteiger partial charge in [0.15, 0.2) is 0 Å². The third kappa shape index (κ3) is 30.5. The molecule has 77 heavy (non-hydrogen) atoms. The molecule has 1 unspecified atom stereocenters. The van der Waals surface area contributed by atoms with E-state index in [1.54, 1.807) is 46.5 Å². The molecule has 0 aliphatic heterocycles. The molecular formula is C64H109N5O8. The number of benzene rings is 3. The number of ether oxygens (including phenoxy) is 3. The Morgan fingerprint density at radius 1 is 0.571 bits per heavy atom. The van der Waals surface area contributed by atoms with Crippen molar-refractivity contribution in [3.8, 4) is 17.2 Å². The molecule has 438 valence electrons. The fourth-order valence-electron chi connectivity index (χ4n) is 8.13. The molecule has 1 atom stereocenters. The third-order valence-corrected chi connectivity index (χ3v) is 13.2. The van der Waals surface area contributed by atoms with Crippen molar-refractivity contribution in [1.82, 2.24) is 16.2 Å². The lowest BCUT2D eigenvalue weighted by Gasteiger charge is -2.31. The number of carbonyl (C=O) groups is 4. The highest BCUT2D eigenvalue weighted by atomic mass is 16.5. The molecular weight excluding hydrogens is 967 g/mol. The minimum atomic E-state index is -0.309. The highest BCUT2D eigenvalue weighted by Gasteiger charge is 2.26. The van der Waals surface area contributed by atoms with Gasteiger partial charge in [0, 0.05) is 69.5 Å². The van der Waals surface area contributed by atoms with Crippen LogP contribution in [0, 0.1) is 36.0 Å². The number of amides is 3. The van der Waals surface area contributed by atoms with Crippen LogP contribution in [-0.2, 0) is 11.2 Å². The number of ketones is 1. The summed E-state index contributed by atoms with van der Waals surface area (Å²) >= 11 is 0. The van der Waals surface area contributed by atoms with Crippen molar-refractivity contribution in [2.45, 2.75) is 214 Å². The van der Waals surface area contributed by atoms with Crippen molar-refractivity contribution in [2.24, 2.45) is 33.1 Å². The molecule has 3 rings (SSSR count). The second-order valence-electron chi connectivity index (χ2n) is 22.6. The van der Waals surface area contributed by atoms with Crippen LogP contribution >= 0.6 is 0 Å². The summed E-state index contributed by atoms with van der Waals surface area (Å²) in [6.07, 6.45) is 18.2. The number of nitrogens with zero attached hydrogens (tertiary/aromatic N) is 1. The summed E-state index contributed by atoms with van der Waals surface area (Å²) < 4.78 is 15.7. The lowest BCUT2D eigenvalue weighted by molar-refractivity contribution is -0.126. The maximum Gasteiger partial charge on any atom is 0.271 e. The number of hydrogen-bond acceptors (Lipinski definition) is 10. The van der Waals surface area contributed by atoms with E-state index < -0.39 is 0 Å².